The molecule has 2 aromatic heterocycles. The topological polar surface area (TPSA) is 80.2 Å². The number of pyridine rings is 1. The Hall–Kier alpha value is -3.69. The molecule has 0 saturated carbocycles. The monoisotopic (exact) mass is 499 g/mol. The lowest BCUT2D eigenvalue weighted by Gasteiger charge is -2.40. The number of nitrogens with zero attached hydrogens (tertiary/aromatic N) is 4. The molecule has 4 rings (SSSR count). The molecule has 3 aromatic rings. The lowest BCUT2D eigenvalue weighted by molar-refractivity contribution is -0.137. The third kappa shape index (κ3) is 5.58. The Morgan fingerprint density at radius 3 is 2.53 bits per heavy atom. The highest BCUT2D eigenvalue weighted by Gasteiger charge is 2.34. The molecule has 190 valence electrons. The molecule has 1 unspecified atom stereocenters. The number of aryl methyl sites for hydroxylation is 1. The second-order valence-corrected chi connectivity index (χ2v) is 9.00. The van der Waals surface area contributed by atoms with Crippen LogP contribution >= 0.6 is 0 Å². The number of hydrogen-bond donors (Lipinski definition) is 1. The first-order valence-electron chi connectivity index (χ1n) is 11.7. The van der Waals surface area contributed by atoms with Crippen molar-refractivity contribution in [1.82, 2.24) is 19.9 Å². The highest BCUT2D eigenvalue weighted by atomic mass is 19.4. The van der Waals surface area contributed by atoms with E-state index in [2.05, 4.69) is 27.2 Å². The van der Waals surface area contributed by atoms with Crippen molar-refractivity contribution >= 4 is 11.7 Å². The lowest BCUT2D eigenvalue weighted by Crippen LogP contribution is -2.51. The van der Waals surface area contributed by atoms with Gasteiger partial charge in [0.2, 0.25) is 0 Å². The van der Waals surface area contributed by atoms with Gasteiger partial charge in [0, 0.05) is 42.8 Å². The number of rotatable bonds is 6. The second-order valence-electron chi connectivity index (χ2n) is 9.00. The van der Waals surface area contributed by atoms with Gasteiger partial charge in [0.05, 0.1) is 18.7 Å². The number of methoxy groups -OCH3 is 1. The average Bonchev–Trinajstić information content (AvgIpc) is 2.87. The van der Waals surface area contributed by atoms with Crippen LogP contribution in [0.15, 0.2) is 48.9 Å². The van der Waals surface area contributed by atoms with E-state index in [-0.39, 0.29) is 23.9 Å². The van der Waals surface area contributed by atoms with E-state index in [1.807, 2.05) is 30.0 Å². The molecule has 1 saturated heterocycles. The van der Waals surface area contributed by atoms with Crippen molar-refractivity contribution in [3.8, 4) is 17.1 Å². The van der Waals surface area contributed by atoms with Gasteiger partial charge < -0.3 is 15.0 Å². The number of ether oxygens (including phenoxy) is 1. The fraction of sp³-hybridized carbons (Fsp3) is 0.385. The number of aromatic nitrogens is 3. The van der Waals surface area contributed by atoms with E-state index in [9.17, 15) is 18.0 Å². The van der Waals surface area contributed by atoms with Gasteiger partial charge in [0.15, 0.2) is 0 Å². The zero-order valence-electron chi connectivity index (χ0n) is 20.3. The molecule has 1 amide bonds. The van der Waals surface area contributed by atoms with E-state index < -0.39 is 11.7 Å². The van der Waals surface area contributed by atoms with Gasteiger partial charge >= 0.3 is 12.2 Å². The lowest BCUT2D eigenvalue weighted by atomic mass is 9.89. The third-order valence-corrected chi connectivity index (χ3v) is 6.49. The predicted octanol–water partition coefficient (Wildman–Crippen LogP) is 5.23. The Morgan fingerprint density at radius 2 is 1.89 bits per heavy atom. The predicted molar refractivity (Wildman–Crippen MR) is 130 cm³/mol. The standard InChI is InChI=1S/C26H28F3N5O2/c1-16-6-8-20(18-12-32-25(36-3)33-13-18)21(11-16)24(35)34-10-4-5-17(2)22(34)15-31-23-9-7-19(14-30-23)26(27,28)29/h6-9,11-14,17,22H,4-5,10,15H2,1-3H3,(H,30,31)/t17-,22?/m1/s1. The van der Waals surface area contributed by atoms with Crippen LogP contribution in [0, 0.1) is 12.8 Å². The number of nitrogens with one attached hydrogen (secondary N) is 1. The third-order valence-electron chi connectivity index (χ3n) is 6.49. The first-order chi connectivity index (χ1) is 17.2. The maximum Gasteiger partial charge on any atom is 0.417 e. The van der Waals surface area contributed by atoms with Crippen LogP contribution in [0.3, 0.4) is 0 Å². The molecule has 1 N–H and O–H groups in total. The Balaban J connectivity index is 1.58. The summed E-state index contributed by atoms with van der Waals surface area (Å²) in [5.41, 5.74) is 2.13. The van der Waals surface area contributed by atoms with Gasteiger partial charge in [0.1, 0.15) is 5.82 Å². The molecule has 0 spiro atoms. The van der Waals surface area contributed by atoms with E-state index in [1.165, 1.54) is 13.2 Å². The van der Waals surface area contributed by atoms with E-state index in [0.717, 1.165) is 36.2 Å². The van der Waals surface area contributed by atoms with E-state index in [1.54, 1.807) is 12.4 Å². The van der Waals surface area contributed by atoms with E-state index in [4.69, 9.17) is 4.74 Å². The Morgan fingerprint density at radius 1 is 1.14 bits per heavy atom. The summed E-state index contributed by atoms with van der Waals surface area (Å²) in [6.45, 7) is 4.97. The molecular weight excluding hydrogens is 471 g/mol. The van der Waals surface area contributed by atoms with Crippen LogP contribution in [0.1, 0.15) is 41.3 Å². The highest BCUT2D eigenvalue weighted by Crippen LogP contribution is 2.31. The average molecular weight is 500 g/mol. The summed E-state index contributed by atoms with van der Waals surface area (Å²) in [6.07, 6.45) is 1.44. The molecule has 7 nitrogen and oxygen atoms in total. The molecule has 1 aromatic carbocycles. The second kappa shape index (κ2) is 10.5. The summed E-state index contributed by atoms with van der Waals surface area (Å²) in [7, 11) is 1.49. The van der Waals surface area contributed by atoms with Crippen molar-refractivity contribution < 1.29 is 22.7 Å². The number of benzene rings is 1. The van der Waals surface area contributed by atoms with Gasteiger partial charge in [0.25, 0.3) is 5.91 Å². The number of carbonyl (C=O) groups excluding carboxylic acids is 1. The SMILES string of the molecule is COc1ncc(-c2ccc(C)cc2C(=O)N2CCC[C@@H](C)C2CNc2ccc(C(F)(F)F)cn2)cn1. The van der Waals surface area contributed by atoms with Crippen molar-refractivity contribution in [2.24, 2.45) is 5.92 Å². The van der Waals surface area contributed by atoms with Crippen LogP contribution in [0.4, 0.5) is 19.0 Å². The van der Waals surface area contributed by atoms with Crippen molar-refractivity contribution in [2.45, 2.75) is 38.9 Å². The molecule has 10 heteroatoms. The summed E-state index contributed by atoms with van der Waals surface area (Å²) in [5, 5.41) is 3.12. The molecule has 0 aliphatic carbocycles. The summed E-state index contributed by atoms with van der Waals surface area (Å²) in [5.74, 6) is 0.422. The van der Waals surface area contributed by atoms with Gasteiger partial charge in [-0.1, -0.05) is 24.6 Å². The van der Waals surface area contributed by atoms with Crippen LogP contribution in [-0.4, -0.2) is 52.0 Å². The molecule has 3 heterocycles. The molecule has 36 heavy (non-hydrogen) atoms. The smallest absolute Gasteiger partial charge is 0.417 e. The number of carbonyl (C=O) groups is 1. The Kier molecular flexibility index (Phi) is 7.42. The van der Waals surface area contributed by atoms with Gasteiger partial charge in [-0.15, -0.1) is 0 Å². The summed E-state index contributed by atoms with van der Waals surface area (Å²) in [4.78, 5) is 28.0. The fourth-order valence-corrected chi connectivity index (χ4v) is 4.49. The molecule has 1 aliphatic heterocycles. The fourth-order valence-electron chi connectivity index (χ4n) is 4.49. The maximum absolute atomic E-state index is 13.9. The zero-order chi connectivity index (χ0) is 25.9. The number of hydrogen-bond acceptors (Lipinski definition) is 6. The van der Waals surface area contributed by atoms with E-state index in [0.29, 0.717) is 30.0 Å². The number of likely N-dealkylation sites (tertiary alicyclic amines) is 1. The van der Waals surface area contributed by atoms with Gasteiger partial charge in [-0.25, -0.2) is 15.0 Å². The van der Waals surface area contributed by atoms with Gasteiger partial charge in [-0.05, 0) is 49.4 Å². The van der Waals surface area contributed by atoms with Crippen LogP contribution in [0.5, 0.6) is 6.01 Å². The van der Waals surface area contributed by atoms with E-state index >= 15 is 0 Å². The molecule has 0 radical (unpaired) electrons. The summed E-state index contributed by atoms with van der Waals surface area (Å²) in [6, 6.07) is 8.08. The minimum absolute atomic E-state index is 0.108. The molecule has 0 bridgehead atoms. The summed E-state index contributed by atoms with van der Waals surface area (Å²) < 4.78 is 43.6. The number of piperidine rings is 1. The number of amides is 1. The van der Waals surface area contributed by atoms with Crippen LogP contribution < -0.4 is 10.1 Å². The first-order valence-corrected chi connectivity index (χ1v) is 11.7. The minimum Gasteiger partial charge on any atom is -0.467 e. The number of alkyl halides is 3. The maximum atomic E-state index is 13.9. The van der Waals surface area contributed by atoms with Gasteiger partial charge in [-0.2, -0.15) is 13.2 Å². The van der Waals surface area contributed by atoms with Crippen molar-refractivity contribution in [1.29, 1.82) is 0 Å². The molecular formula is C26H28F3N5O2. The Bertz CT molecular complexity index is 1200. The molecule has 1 fully saturated rings. The Labute approximate surface area is 207 Å². The molecule has 2 atom stereocenters. The zero-order valence-corrected chi connectivity index (χ0v) is 20.3. The summed E-state index contributed by atoms with van der Waals surface area (Å²) >= 11 is 0. The normalized spacial score (nSPS) is 18.1. The van der Waals surface area contributed by atoms with Gasteiger partial charge in [-0.3, -0.25) is 4.79 Å². The largest absolute Gasteiger partial charge is 0.467 e. The number of anilines is 1. The number of halogens is 3. The van der Waals surface area contributed by atoms with Crippen LogP contribution in [0.2, 0.25) is 0 Å². The van der Waals surface area contributed by atoms with Crippen LogP contribution in [0.25, 0.3) is 11.1 Å². The van der Waals surface area contributed by atoms with Crippen LogP contribution in [-0.2, 0) is 6.18 Å². The van der Waals surface area contributed by atoms with Crippen molar-refractivity contribution in [2.75, 3.05) is 25.5 Å². The van der Waals surface area contributed by atoms with Crippen molar-refractivity contribution in [3.63, 3.8) is 0 Å². The quantitative estimate of drug-likeness (QED) is 0.501. The first kappa shape index (κ1) is 25.4. The molecule has 1 aliphatic rings. The minimum atomic E-state index is -4.44. The van der Waals surface area contributed by atoms with Crippen molar-refractivity contribution in [3.05, 3.63) is 65.6 Å². The highest BCUT2D eigenvalue weighted by molar-refractivity contribution is 6.01.